The summed E-state index contributed by atoms with van der Waals surface area (Å²) in [5.74, 6) is -0.680. The molecule has 0 radical (unpaired) electrons. The maximum absolute atomic E-state index is 13.3. The topological polar surface area (TPSA) is 72.2 Å². The van der Waals surface area contributed by atoms with Crippen molar-refractivity contribution in [3.8, 4) is 11.3 Å². The van der Waals surface area contributed by atoms with E-state index in [0.29, 0.717) is 22.2 Å². The monoisotopic (exact) mass is 401 g/mol. The van der Waals surface area contributed by atoms with Crippen LogP contribution in [0, 0.1) is 19.7 Å². The molecular weight excluding hydrogens is 381 g/mol. The molecule has 4 rings (SSSR count). The summed E-state index contributed by atoms with van der Waals surface area (Å²) < 4.78 is 15.1. The summed E-state index contributed by atoms with van der Waals surface area (Å²) >= 11 is 0. The van der Waals surface area contributed by atoms with E-state index in [9.17, 15) is 9.18 Å². The highest BCUT2D eigenvalue weighted by Gasteiger charge is 2.14. The number of hydrazone groups is 1. The summed E-state index contributed by atoms with van der Waals surface area (Å²) in [6, 6.07) is 15.1. The minimum absolute atomic E-state index is 0.326. The number of nitrogens with zero attached hydrogens (tertiary/aromatic N) is 4. The van der Waals surface area contributed by atoms with E-state index in [2.05, 4.69) is 20.6 Å². The zero-order chi connectivity index (χ0) is 21.3. The smallest absolute Gasteiger partial charge is 0.272 e. The lowest BCUT2D eigenvalue weighted by molar-refractivity contribution is 0.0956. The molecule has 1 N–H and O–H groups in total. The lowest BCUT2D eigenvalue weighted by Gasteiger charge is -2.09. The Labute approximate surface area is 173 Å². The molecule has 6 nitrogen and oxygen atoms in total. The SMILES string of the molecule is Cc1nn(C)c(C)c1/C=N/NC(=O)c1cc(-c2ccc(F)cc2)nc2ccccc12. The van der Waals surface area contributed by atoms with Crippen LogP contribution in [-0.2, 0) is 7.05 Å². The fourth-order valence-electron chi connectivity index (χ4n) is 3.32. The Balaban J connectivity index is 1.69. The van der Waals surface area contributed by atoms with Crippen LogP contribution in [0.1, 0.15) is 27.3 Å². The van der Waals surface area contributed by atoms with Crippen LogP contribution < -0.4 is 5.43 Å². The molecule has 2 heterocycles. The lowest BCUT2D eigenvalue weighted by Crippen LogP contribution is -2.18. The maximum Gasteiger partial charge on any atom is 0.272 e. The number of pyridine rings is 1. The van der Waals surface area contributed by atoms with Gasteiger partial charge in [0, 0.05) is 29.3 Å². The molecule has 0 bridgehead atoms. The second-order valence-corrected chi connectivity index (χ2v) is 6.99. The number of hydrogen-bond acceptors (Lipinski definition) is 4. The van der Waals surface area contributed by atoms with Gasteiger partial charge in [0.15, 0.2) is 0 Å². The van der Waals surface area contributed by atoms with Crippen LogP contribution in [0.25, 0.3) is 22.2 Å². The molecule has 1 amide bonds. The molecule has 0 spiro atoms. The van der Waals surface area contributed by atoms with Gasteiger partial charge in [-0.15, -0.1) is 0 Å². The van der Waals surface area contributed by atoms with Crippen molar-refractivity contribution in [3.05, 3.63) is 82.9 Å². The van der Waals surface area contributed by atoms with Crippen molar-refractivity contribution < 1.29 is 9.18 Å². The number of amides is 1. The Kier molecular flexibility index (Phi) is 5.10. The van der Waals surface area contributed by atoms with Crippen molar-refractivity contribution in [2.75, 3.05) is 0 Å². The Morgan fingerprint density at radius 1 is 1.13 bits per heavy atom. The molecule has 30 heavy (non-hydrogen) atoms. The summed E-state index contributed by atoms with van der Waals surface area (Å²) in [5, 5.41) is 9.18. The first kappa shape index (κ1) is 19.4. The number of benzene rings is 2. The van der Waals surface area contributed by atoms with E-state index in [1.54, 1.807) is 29.1 Å². The minimum atomic E-state index is -0.354. The molecule has 0 saturated heterocycles. The summed E-state index contributed by atoms with van der Waals surface area (Å²) in [7, 11) is 1.86. The summed E-state index contributed by atoms with van der Waals surface area (Å²) in [5.41, 5.74) is 7.68. The zero-order valence-corrected chi connectivity index (χ0v) is 16.8. The van der Waals surface area contributed by atoms with Crippen LogP contribution in [0.15, 0.2) is 59.7 Å². The number of fused-ring (bicyclic) bond motifs is 1. The summed E-state index contributed by atoms with van der Waals surface area (Å²) in [6.07, 6.45) is 1.60. The predicted molar refractivity (Wildman–Crippen MR) is 115 cm³/mol. The van der Waals surface area contributed by atoms with Crippen LogP contribution in [0.2, 0.25) is 0 Å². The second-order valence-electron chi connectivity index (χ2n) is 6.99. The average molecular weight is 401 g/mol. The van der Waals surface area contributed by atoms with E-state index < -0.39 is 0 Å². The molecule has 150 valence electrons. The van der Waals surface area contributed by atoms with Gasteiger partial charge < -0.3 is 0 Å². The first-order valence-electron chi connectivity index (χ1n) is 9.43. The molecule has 0 atom stereocenters. The number of carbonyl (C=O) groups excluding carboxylic acids is 1. The van der Waals surface area contributed by atoms with Crippen LogP contribution >= 0.6 is 0 Å². The third-order valence-electron chi connectivity index (χ3n) is 5.03. The van der Waals surface area contributed by atoms with Gasteiger partial charge in [0.2, 0.25) is 0 Å². The highest BCUT2D eigenvalue weighted by molar-refractivity contribution is 6.07. The Morgan fingerprint density at radius 3 is 2.57 bits per heavy atom. The van der Waals surface area contributed by atoms with Crippen LogP contribution in [-0.4, -0.2) is 26.9 Å². The molecule has 0 fully saturated rings. The molecular formula is C23H20FN5O. The van der Waals surface area contributed by atoms with Gasteiger partial charge in [0.05, 0.1) is 28.7 Å². The van der Waals surface area contributed by atoms with Crippen molar-refractivity contribution in [2.24, 2.45) is 12.1 Å². The first-order chi connectivity index (χ1) is 14.4. The van der Waals surface area contributed by atoms with Crippen LogP contribution in [0.5, 0.6) is 0 Å². The molecule has 0 aliphatic heterocycles. The number of aromatic nitrogens is 3. The van der Waals surface area contributed by atoms with Gasteiger partial charge in [-0.3, -0.25) is 9.48 Å². The first-order valence-corrected chi connectivity index (χ1v) is 9.43. The van der Waals surface area contributed by atoms with Gasteiger partial charge in [-0.2, -0.15) is 10.2 Å². The normalized spacial score (nSPS) is 11.3. The highest BCUT2D eigenvalue weighted by Crippen LogP contribution is 2.25. The van der Waals surface area contributed by atoms with Gasteiger partial charge in [-0.1, -0.05) is 18.2 Å². The zero-order valence-electron chi connectivity index (χ0n) is 16.8. The molecule has 4 aromatic rings. The van der Waals surface area contributed by atoms with Gasteiger partial charge in [-0.25, -0.2) is 14.8 Å². The van der Waals surface area contributed by atoms with E-state index in [4.69, 9.17) is 0 Å². The molecule has 2 aromatic heterocycles. The number of carbonyl (C=O) groups is 1. The quantitative estimate of drug-likeness (QED) is 0.412. The standard InChI is InChI=1S/C23H20FN5O/c1-14-20(15(2)29(3)28-14)13-25-27-23(30)19-12-22(16-8-10-17(24)11-9-16)26-21-7-5-4-6-18(19)21/h4-13H,1-3H3,(H,27,30)/b25-13+. The van der Waals surface area contributed by atoms with Gasteiger partial charge in [-0.05, 0) is 50.2 Å². The van der Waals surface area contributed by atoms with Crippen molar-refractivity contribution in [1.82, 2.24) is 20.2 Å². The van der Waals surface area contributed by atoms with E-state index in [0.717, 1.165) is 22.5 Å². The largest absolute Gasteiger partial charge is 0.272 e. The van der Waals surface area contributed by atoms with E-state index in [-0.39, 0.29) is 11.7 Å². The number of hydrogen-bond donors (Lipinski definition) is 1. The summed E-state index contributed by atoms with van der Waals surface area (Å²) in [6.45, 7) is 3.83. The van der Waals surface area contributed by atoms with Gasteiger partial charge in [0.25, 0.3) is 5.91 Å². The summed E-state index contributed by atoms with van der Waals surface area (Å²) in [4.78, 5) is 17.5. The number of nitrogens with one attached hydrogen (secondary N) is 1. The lowest BCUT2D eigenvalue weighted by atomic mass is 10.0. The molecule has 7 heteroatoms. The predicted octanol–water partition coefficient (Wildman–Crippen LogP) is 4.16. The van der Waals surface area contributed by atoms with Crippen LogP contribution in [0.4, 0.5) is 4.39 Å². The van der Waals surface area contributed by atoms with E-state index in [1.165, 1.54) is 12.1 Å². The van der Waals surface area contributed by atoms with Crippen molar-refractivity contribution in [1.29, 1.82) is 0 Å². The fourth-order valence-corrected chi connectivity index (χ4v) is 3.32. The molecule has 2 aromatic carbocycles. The maximum atomic E-state index is 13.3. The molecule has 0 aliphatic carbocycles. The van der Waals surface area contributed by atoms with E-state index in [1.807, 2.05) is 45.2 Å². The number of aryl methyl sites for hydroxylation is 2. The Morgan fingerprint density at radius 2 is 1.87 bits per heavy atom. The van der Waals surface area contributed by atoms with Crippen molar-refractivity contribution in [3.63, 3.8) is 0 Å². The van der Waals surface area contributed by atoms with Crippen LogP contribution in [0.3, 0.4) is 0 Å². The molecule has 0 aliphatic rings. The Bertz CT molecular complexity index is 1270. The number of para-hydroxylation sites is 1. The van der Waals surface area contributed by atoms with Crippen molar-refractivity contribution >= 4 is 23.0 Å². The van der Waals surface area contributed by atoms with E-state index >= 15 is 0 Å². The highest BCUT2D eigenvalue weighted by atomic mass is 19.1. The van der Waals surface area contributed by atoms with Gasteiger partial charge in [0.1, 0.15) is 5.82 Å². The molecule has 0 saturated carbocycles. The number of rotatable bonds is 4. The Hall–Kier alpha value is -3.87. The minimum Gasteiger partial charge on any atom is -0.272 e. The third-order valence-corrected chi connectivity index (χ3v) is 5.03. The average Bonchev–Trinajstić information content (AvgIpc) is 2.99. The molecule has 0 unspecified atom stereocenters. The second kappa shape index (κ2) is 7.87. The number of halogens is 1. The third kappa shape index (κ3) is 3.69. The van der Waals surface area contributed by atoms with Crippen molar-refractivity contribution in [2.45, 2.75) is 13.8 Å². The fraction of sp³-hybridized carbons (Fsp3) is 0.130. The van der Waals surface area contributed by atoms with Gasteiger partial charge >= 0.3 is 0 Å².